The number of nitro groups is 1. The summed E-state index contributed by atoms with van der Waals surface area (Å²) in [5.41, 5.74) is 0.475. The Morgan fingerprint density at radius 1 is 1.24 bits per heavy atom. The summed E-state index contributed by atoms with van der Waals surface area (Å²) < 4.78 is 18.2. The van der Waals surface area contributed by atoms with Crippen LogP contribution >= 0.6 is 0 Å². The zero-order chi connectivity index (χ0) is 15.4. The zero-order valence-electron chi connectivity index (χ0n) is 11.2. The van der Waals surface area contributed by atoms with Crippen LogP contribution in [-0.2, 0) is 6.61 Å². The van der Waals surface area contributed by atoms with Crippen LogP contribution in [0.2, 0.25) is 0 Å². The van der Waals surface area contributed by atoms with Gasteiger partial charge in [0.1, 0.15) is 18.2 Å². The fourth-order valence-corrected chi connectivity index (χ4v) is 1.80. The predicted octanol–water partition coefficient (Wildman–Crippen LogP) is 3.52. The third-order valence-electron chi connectivity index (χ3n) is 2.86. The average molecular weight is 289 g/mol. The third kappa shape index (κ3) is 3.62. The summed E-state index contributed by atoms with van der Waals surface area (Å²) in [7, 11) is 0. The second kappa shape index (κ2) is 6.13. The molecule has 6 heteroatoms. The molecule has 0 fully saturated rings. The Hall–Kier alpha value is -2.76. The first-order chi connectivity index (χ1) is 9.97. The summed E-state index contributed by atoms with van der Waals surface area (Å²) in [5.74, 6) is -0.456. The molecule has 0 aromatic heterocycles. The Labute approximate surface area is 120 Å². The van der Waals surface area contributed by atoms with E-state index >= 15 is 0 Å². The highest BCUT2D eigenvalue weighted by Gasteiger charge is 2.18. The van der Waals surface area contributed by atoms with Crippen molar-refractivity contribution in [3.63, 3.8) is 0 Å². The van der Waals surface area contributed by atoms with Crippen LogP contribution in [0.5, 0.6) is 5.75 Å². The molecule has 0 atom stereocenters. The summed E-state index contributed by atoms with van der Waals surface area (Å²) >= 11 is 0. The summed E-state index contributed by atoms with van der Waals surface area (Å²) in [6.45, 7) is 1.41. The summed E-state index contributed by atoms with van der Waals surface area (Å²) in [4.78, 5) is 21.6. The van der Waals surface area contributed by atoms with Gasteiger partial charge in [0, 0.05) is 0 Å². The lowest BCUT2D eigenvalue weighted by atomic mass is 10.1. The standard InChI is InChI=1S/C15H12FNO4/c1-10(18)14-7-6-13(8-15(14)17(19)20)21-9-11-2-4-12(16)5-3-11/h2-8H,9H2,1H3. The first kappa shape index (κ1) is 14.6. The molecule has 108 valence electrons. The van der Waals surface area contributed by atoms with E-state index < -0.39 is 4.92 Å². The van der Waals surface area contributed by atoms with Gasteiger partial charge in [0.2, 0.25) is 0 Å². The van der Waals surface area contributed by atoms with Crippen molar-refractivity contribution in [1.29, 1.82) is 0 Å². The van der Waals surface area contributed by atoms with Gasteiger partial charge in [-0.3, -0.25) is 14.9 Å². The topological polar surface area (TPSA) is 69.4 Å². The van der Waals surface area contributed by atoms with Crippen molar-refractivity contribution in [2.24, 2.45) is 0 Å². The van der Waals surface area contributed by atoms with E-state index in [4.69, 9.17) is 4.74 Å². The third-order valence-corrected chi connectivity index (χ3v) is 2.86. The number of nitrogens with zero attached hydrogens (tertiary/aromatic N) is 1. The van der Waals surface area contributed by atoms with Crippen LogP contribution in [0.1, 0.15) is 22.8 Å². The Morgan fingerprint density at radius 2 is 1.90 bits per heavy atom. The summed E-state index contributed by atoms with van der Waals surface area (Å²) in [6, 6.07) is 9.80. The van der Waals surface area contributed by atoms with Crippen LogP contribution in [-0.4, -0.2) is 10.7 Å². The number of hydrogen-bond donors (Lipinski definition) is 0. The largest absolute Gasteiger partial charge is 0.489 e. The van der Waals surface area contributed by atoms with Crippen molar-refractivity contribution in [2.45, 2.75) is 13.5 Å². The molecule has 2 aromatic rings. The maximum atomic E-state index is 12.8. The second-order valence-corrected chi connectivity index (χ2v) is 4.41. The monoisotopic (exact) mass is 289 g/mol. The highest BCUT2D eigenvalue weighted by molar-refractivity contribution is 5.98. The molecule has 2 aromatic carbocycles. The van der Waals surface area contributed by atoms with Crippen molar-refractivity contribution in [3.05, 3.63) is 69.5 Å². The zero-order valence-corrected chi connectivity index (χ0v) is 11.2. The van der Waals surface area contributed by atoms with Gasteiger partial charge in [-0.05, 0) is 36.8 Å². The van der Waals surface area contributed by atoms with Gasteiger partial charge >= 0.3 is 0 Å². The smallest absolute Gasteiger partial charge is 0.283 e. The van der Waals surface area contributed by atoms with Gasteiger partial charge in [-0.2, -0.15) is 0 Å². The van der Waals surface area contributed by atoms with Gasteiger partial charge in [0.25, 0.3) is 5.69 Å². The first-order valence-electron chi connectivity index (χ1n) is 6.14. The number of nitro benzene ring substituents is 1. The van der Waals surface area contributed by atoms with E-state index in [1.54, 1.807) is 12.1 Å². The molecule has 0 N–H and O–H groups in total. The lowest BCUT2D eigenvalue weighted by Crippen LogP contribution is -2.02. The number of carbonyl (C=O) groups is 1. The normalized spacial score (nSPS) is 10.2. The Bertz CT molecular complexity index is 683. The van der Waals surface area contributed by atoms with Gasteiger partial charge in [0.05, 0.1) is 16.6 Å². The lowest BCUT2D eigenvalue weighted by molar-refractivity contribution is -0.385. The molecular weight excluding hydrogens is 277 g/mol. The molecule has 2 rings (SSSR count). The molecular formula is C15H12FNO4. The highest BCUT2D eigenvalue weighted by Crippen LogP contribution is 2.25. The molecule has 0 bridgehead atoms. The minimum atomic E-state index is -0.624. The maximum Gasteiger partial charge on any atom is 0.283 e. The van der Waals surface area contributed by atoms with Crippen molar-refractivity contribution in [2.75, 3.05) is 0 Å². The number of halogens is 1. The molecule has 5 nitrogen and oxygen atoms in total. The van der Waals surface area contributed by atoms with Crippen LogP contribution in [0, 0.1) is 15.9 Å². The Morgan fingerprint density at radius 3 is 2.48 bits per heavy atom. The van der Waals surface area contributed by atoms with Crippen molar-refractivity contribution in [1.82, 2.24) is 0 Å². The average Bonchev–Trinajstić information content (AvgIpc) is 2.46. The number of rotatable bonds is 5. The SMILES string of the molecule is CC(=O)c1ccc(OCc2ccc(F)cc2)cc1[N+](=O)[O-]. The molecule has 0 amide bonds. The first-order valence-corrected chi connectivity index (χ1v) is 6.14. The number of carbonyl (C=O) groups excluding carboxylic acids is 1. The van der Waals surface area contributed by atoms with E-state index in [9.17, 15) is 19.3 Å². The predicted molar refractivity (Wildman–Crippen MR) is 73.8 cm³/mol. The van der Waals surface area contributed by atoms with E-state index in [2.05, 4.69) is 0 Å². The molecule has 0 aliphatic heterocycles. The quantitative estimate of drug-likeness (QED) is 0.480. The molecule has 0 saturated heterocycles. The fraction of sp³-hybridized carbons (Fsp3) is 0.133. The van der Waals surface area contributed by atoms with Crippen molar-refractivity contribution < 1.29 is 18.8 Å². The molecule has 21 heavy (non-hydrogen) atoms. The van der Waals surface area contributed by atoms with E-state index in [1.807, 2.05) is 0 Å². The van der Waals surface area contributed by atoms with Gasteiger partial charge in [-0.25, -0.2) is 4.39 Å². The van der Waals surface area contributed by atoms with Crippen molar-refractivity contribution in [3.8, 4) is 5.75 Å². The Balaban J connectivity index is 2.17. The molecule has 0 aliphatic rings. The number of ether oxygens (including phenoxy) is 1. The molecule has 0 saturated carbocycles. The van der Waals surface area contributed by atoms with Crippen LogP contribution in [0.15, 0.2) is 42.5 Å². The molecule has 0 heterocycles. The van der Waals surface area contributed by atoms with E-state index in [1.165, 1.54) is 37.3 Å². The van der Waals surface area contributed by atoms with Gasteiger partial charge in [-0.15, -0.1) is 0 Å². The van der Waals surface area contributed by atoms with Gasteiger partial charge in [-0.1, -0.05) is 12.1 Å². The van der Waals surface area contributed by atoms with Crippen LogP contribution < -0.4 is 4.74 Å². The molecule has 0 unspecified atom stereocenters. The summed E-state index contributed by atoms with van der Waals surface area (Å²) in [6.07, 6.45) is 0. The maximum absolute atomic E-state index is 12.8. The van der Waals surface area contributed by atoms with Crippen LogP contribution in [0.25, 0.3) is 0 Å². The minimum Gasteiger partial charge on any atom is -0.489 e. The van der Waals surface area contributed by atoms with E-state index in [0.29, 0.717) is 0 Å². The molecule has 0 spiro atoms. The minimum absolute atomic E-state index is 0.0362. The lowest BCUT2D eigenvalue weighted by Gasteiger charge is -2.07. The molecule has 0 aliphatic carbocycles. The number of ketones is 1. The molecule has 0 radical (unpaired) electrons. The number of benzene rings is 2. The fourth-order valence-electron chi connectivity index (χ4n) is 1.80. The summed E-state index contributed by atoms with van der Waals surface area (Å²) in [5, 5.41) is 10.9. The van der Waals surface area contributed by atoms with E-state index in [-0.39, 0.29) is 35.2 Å². The van der Waals surface area contributed by atoms with Crippen molar-refractivity contribution >= 4 is 11.5 Å². The number of Topliss-reactive ketones (excluding diaryl/α,β-unsaturated/α-hetero) is 1. The van der Waals surface area contributed by atoms with Crippen LogP contribution in [0.3, 0.4) is 0 Å². The van der Waals surface area contributed by atoms with Crippen LogP contribution in [0.4, 0.5) is 10.1 Å². The van der Waals surface area contributed by atoms with Gasteiger partial charge in [0.15, 0.2) is 5.78 Å². The highest BCUT2D eigenvalue weighted by atomic mass is 19.1. The van der Waals surface area contributed by atoms with E-state index in [0.717, 1.165) is 5.56 Å². The second-order valence-electron chi connectivity index (χ2n) is 4.41. The number of hydrogen-bond acceptors (Lipinski definition) is 4. The van der Waals surface area contributed by atoms with Gasteiger partial charge < -0.3 is 4.74 Å². The Kier molecular flexibility index (Phi) is 4.27.